The third kappa shape index (κ3) is 2.23. The topological polar surface area (TPSA) is 35.3 Å². The molecule has 0 saturated heterocycles. The van der Waals surface area contributed by atoms with E-state index in [1.165, 1.54) is 0 Å². The van der Waals surface area contributed by atoms with Crippen molar-refractivity contribution in [3.63, 3.8) is 0 Å². The van der Waals surface area contributed by atoms with Crippen LogP contribution in [0, 0.1) is 13.8 Å². The van der Waals surface area contributed by atoms with Crippen LogP contribution in [0.1, 0.15) is 30.9 Å². The molecule has 0 bridgehead atoms. The molecule has 0 spiro atoms. The van der Waals surface area contributed by atoms with Crippen molar-refractivity contribution in [2.45, 2.75) is 27.7 Å². The molecule has 0 fully saturated rings. The maximum atomic E-state index is 5.38. The summed E-state index contributed by atoms with van der Waals surface area (Å²) in [5.41, 5.74) is 3.15. The average molecular weight is 195 g/mol. The number of rotatable bonds is 4. The van der Waals surface area contributed by atoms with Gasteiger partial charge in [-0.3, -0.25) is 0 Å². The Bertz CT molecular complexity index is 307. The normalized spacial score (nSPS) is 12.1. The Balaban J connectivity index is 2.90. The minimum absolute atomic E-state index is 0.621. The number of nitrogens with zero attached hydrogens (tertiary/aromatic N) is 1. The van der Waals surface area contributed by atoms with E-state index in [-0.39, 0.29) is 0 Å². The molecule has 0 aliphatic heterocycles. The van der Waals surface area contributed by atoms with Crippen LogP contribution in [0.5, 0.6) is 0 Å². The molecule has 1 aromatic heterocycles. The third-order valence-corrected chi connectivity index (χ3v) is 2.16. The summed E-state index contributed by atoms with van der Waals surface area (Å²) in [6.07, 6.45) is 2.04. The molecule has 0 aliphatic carbocycles. The second-order valence-corrected chi connectivity index (χ2v) is 3.15. The van der Waals surface area contributed by atoms with E-state index in [2.05, 4.69) is 5.16 Å². The number of hydrogen-bond acceptors (Lipinski definition) is 3. The summed E-state index contributed by atoms with van der Waals surface area (Å²) in [6, 6.07) is 0. The van der Waals surface area contributed by atoms with Crippen molar-refractivity contribution < 1.29 is 9.26 Å². The lowest BCUT2D eigenvalue weighted by molar-refractivity contribution is 0.182. The Morgan fingerprint density at radius 2 is 2.21 bits per heavy atom. The fraction of sp³-hybridized carbons (Fsp3) is 0.545. The minimum atomic E-state index is 0.621. The van der Waals surface area contributed by atoms with Crippen molar-refractivity contribution in [1.29, 1.82) is 0 Å². The molecular formula is C11H17NO2. The zero-order valence-electron chi connectivity index (χ0n) is 9.26. The van der Waals surface area contributed by atoms with E-state index >= 15 is 0 Å². The van der Waals surface area contributed by atoms with E-state index in [9.17, 15) is 0 Å². The number of aryl methyl sites for hydroxylation is 2. The van der Waals surface area contributed by atoms with E-state index < -0.39 is 0 Å². The van der Waals surface area contributed by atoms with E-state index in [0.717, 1.165) is 29.2 Å². The van der Waals surface area contributed by atoms with Gasteiger partial charge >= 0.3 is 0 Å². The molecule has 78 valence electrons. The maximum absolute atomic E-state index is 5.38. The lowest BCUT2D eigenvalue weighted by Gasteiger charge is -2.05. The molecule has 1 rings (SSSR count). The summed E-state index contributed by atoms with van der Waals surface area (Å²) in [7, 11) is 0. The van der Waals surface area contributed by atoms with Gasteiger partial charge in [-0.2, -0.15) is 0 Å². The molecule has 1 aromatic rings. The van der Waals surface area contributed by atoms with Crippen LogP contribution in [0.3, 0.4) is 0 Å². The number of ether oxygens (including phenoxy) is 1. The predicted octanol–water partition coefficient (Wildman–Crippen LogP) is 2.73. The first-order chi connectivity index (χ1) is 6.70. The van der Waals surface area contributed by atoms with Crippen molar-refractivity contribution in [1.82, 2.24) is 5.16 Å². The van der Waals surface area contributed by atoms with Gasteiger partial charge in [0.1, 0.15) is 5.76 Å². The first-order valence-corrected chi connectivity index (χ1v) is 4.86. The largest absolute Gasteiger partial charge is 0.377 e. The molecule has 0 aliphatic rings. The fourth-order valence-electron chi connectivity index (χ4n) is 1.45. The van der Waals surface area contributed by atoms with Gasteiger partial charge in [0, 0.05) is 12.2 Å². The first kappa shape index (κ1) is 11.0. The second-order valence-electron chi connectivity index (χ2n) is 3.15. The van der Waals surface area contributed by atoms with Crippen LogP contribution in [0.2, 0.25) is 0 Å². The van der Waals surface area contributed by atoms with Crippen LogP contribution in [-0.2, 0) is 4.74 Å². The molecule has 0 radical (unpaired) electrons. The van der Waals surface area contributed by atoms with Gasteiger partial charge in [0.05, 0.1) is 12.3 Å². The Labute approximate surface area is 84.7 Å². The van der Waals surface area contributed by atoms with Crippen molar-refractivity contribution in [2.75, 3.05) is 13.2 Å². The molecular weight excluding hydrogens is 178 g/mol. The predicted molar refractivity (Wildman–Crippen MR) is 56.1 cm³/mol. The van der Waals surface area contributed by atoms with Crippen LogP contribution in [-0.4, -0.2) is 18.4 Å². The van der Waals surface area contributed by atoms with Crippen LogP contribution in [0.25, 0.3) is 5.57 Å². The molecule has 1 heterocycles. The summed E-state index contributed by atoms with van der Waals surface area (Å²) in [6.45, 7) is 9.20. The molecule has 0 saturated carbocycles. The Kier molecular flexibility index (Phi) is 3.89. The van der Waals surface area contributed by atoms with Crippen molar-refractivity contribution in [3.8, 4) is 0 Å². The molecule has 0 atom stereocenters. The summed E-state index contributed by atoms with van der Waals surface area (Å²) >= 11 is 0. The Hall–Kier alpha value is -1.09. The van der Waals surface area contributed by atoms with Crippen molar-refractivity contribution >= 4 is 5.57 Å². The highest BCUT2D eigenvalue weighted by Crippen LogP contribution is 2.22. The molecule has 0 aromatic carbocycles. The van der Waals surface area contributed by atoms with Crippen molar-refractivity contribution in [2.24, 2.45) is 0 Å². The molecule has 14 heavy (non-hydrogen) atoms. The summed E-state index contributed by atoms with van der Waals surface area (Å²) in [5, 5.41) is 3.92. The van der Waals surface area contributed by atoms with Gasteiger partial charge in [0.2, 0.25) is 0 Å². The fourth-order valence-corrected chi connectivity index (χ4v) is 1.45. The lowest BCUT2D eigenvalue weighted by atomic mass is 10.1. The Morgan fingerprint density at radius 1 is 1.50 bits per heavy atom. The summed E-state index contributed by atoms with van der Waals surface area (Å²) < 4.78 is 10.5. The van der Waals surface area contributed by atoms with Gasteiger partial charge < -0.3 is 9.26 Å². The van der Waals surface area contributed by atoms with Gasteiger partial charge in [-0.05, 0) is 33.3 Å². The highest BCUT2D eigenvalue weighted by atomic mass is 16.5. The summed E-state index contributed by atoms with van der Waals surface area (Å²) in [4.78, 5) is 0. The SMILES string of the molecule is CC=C(COCC)c1c(C)noc1C. The summed E-state index contributed by atoms with van der Waals surface area (Å²) in [5.74, 6) is 0.857. The highest BCUT2D eigenvalue weighted by Gasteiger charge is 2.12. The number of allylic oxidation sites excluding steroid dienone is 1. The number of hydrogen-bond donors (Lipinski definition) is 0. The van der Waals surface area contributed by atoms with E-state index in [4.69, 9.17) is 9.26 Å². The van der Waals surface area contributed by atoms with Gasteiger partial charge in [-0.1, -0.05) is 11.2 Å². The maximum Gasteiger partial charge on any atom is 0.141 e. The Morgan fingerprint density at radius 3 is 2.64 bits per heavy atom. The second kappa shape index (κ2) is 4.96. The first-order valence-electron chi connectivity index (χ1n) is 4.86. The van der Waals surface area contributed by atoms with Gasteiger partial charge in [0.15, 0.2) is 0 Å². The smallest absolute Gasteiger partial charge is 0.141 e. The van der Waals surface area contributed by atoms with Crippen molar-refractivity contribution in [3.05, 3.63) is 23.1 Å². The van der Waals surface area contributed by atoms with E-state index in [1.54, 1.807) is 0 Å². The standard InChI is InChI=1S/C11H17NO2/c1-5-10(7-13-6-2)11-8(3)12-14-9(11)4/h5H,6-7H2,1-4H3. The average Bonchev–Trinajstić information content (AvgIpc) is 2.50. The highest BCUT2D eigenvalue weighted by molar-refractivity contribution is 5.68. The van der Waals surface area contributed by atoms with Crippen LogP contribution in [0.4, 0.5) is 0 Å². The lowest BCUT2D eigenvalue weighted by Crippen LogP contribution is -1.99. The molecule has 3 heteroatoms. The van der Waals surface area contributed by atoms with E-state index in [0.29, 0.717) is 6.61 Å². The molecule has 0 amide bonds. The van der Waals surface area contributed by atoms with Gasteiger partial charge in [-0.25, -0.2) is 0 Å². The molecule has 0 unspecified atom stereocenters. The van der Waals surface area contributed by atoms with Crippen LogP contribution >= 0.6 is 0 Å². The zero-order chi connectivity index (χ0) is 10.6. The van der Waals surface area contributed by atoms with Gasteiger partial charge in [0.25, 0.3) is 0 Å². The van der Waals surface area contributed by atoms with Crippen LogP contribution in [0.15, 0.2) is 10.6 Å². The monoisotopic (exact) mass is 195 g/mol. The molecule has 0 N–H and O–H groups in total. The minimum Gasteiger partial charge on any atom is -0.377 e. The third-order valence-electron chi connectivity index (χ3n) is 2.16. The van der Waals surface area contributed by atoms with Gasteiger partial charge in [-0.15, -0.1) is 0 Å². The zero-order valence-corrected chi connectivity index (χ0v) is 9.26. The quantitative estimate of drug-likeness (QED) is 0.741. The molecule has 3 nitrogen and oxygen atoms in total. The number of aromatic nitrogens is 1. The van der Waals surface area contributed by atoms with E-state index in [1.807, 2.05) is 33.8 Å². The van der Waals surface area contributed by atoms with Crippen LogP contribution < -0.4 is 0 Å².